The van der Waals surface area contributed by atoms with E-state index in [9.17, 15) is 9.59 Å². The predicted octanol–water partition coefficient (Wildman–Crippen LogP) is 0.962. The molecule has 1 aliphatic heterocycles. The minimum atomic E-state index is -0.149. The third kappa shape index (κ3) is 4.36. The van der Waals surface area contributed by atoms with Gasteiger partial charge in [0.05, 0.1) is 6.54 Å². The fourth-order valence-corrected chi connectivity index (χ4v) is 2.77. The van der Waals surface area contributed by atoms with Crippen molar-refractivity contribution in [2.45, 2.75) is 6.92 Å². The van der Waals surface area contributed by atoms with Gasteiger partial charge in [0.2, 0.25) is 5.91 Å². The van der Waals surface area contributed by atoms with E-state index in [-0.39, 0.29) is 18.4 Å². The number of benzene rings is 1. The van der Waals surface area contributed by atoms with Gasteiger partial charge in [0, 0.05) is 43.5 Å². The van der Waals surface area contributed by atoms with Crippen molar-refractivity contribution in [1.29, 1.82) is 0 Å². The number of hydrogen-bond donors (Lipinski definition) is 2. The van der Waals surface area contributed by atoms with Crippen LogP contribution in [0.4, 0.5) is 11.5 Å². The van der Waals surface area contributed by atoms with Gasteiger partial charge in [-0.3, -0.25) is 14.5 Å². The van der Waals surface area contributed by atoms with Gasteiger partial charge in [0.1, 0.15) is 5.76 Å². The minimum absolute atomic E-state index is 0.0329. The van der Waals surface area contributed by atoms with Crippen LogP contribution in [0.3, 0.4) is 0 Å². The highest BCUT2D eigenvalue weighted by molar-refractivity contribution is 5.95. The van der Waals surface area contributed by atoms with Gasteiger partial charge >= 0.3 is 0 Å². The van der Waals surface area contributed by atoms with Gasteiger partial charge in [-0.25, -0.2) is 0 Å². The molecule has 0 spiro atoms. The first-order valence-corrected chi connectivity index (χ1v) is 8.11. The van der Waals surface area contributed by atoms with Crippen LogP contribution in [0.15, 0.2) is 34.9 Å². The number of hydrogen-bond acceptors (Lipinski definition) is 6. The summed E-state index contributed by atoms with van der Waals surface area (Å²) in [5.41, 5.74) is 6.90. The zero-order valence-corrected chi connectivity index (χ0v) is 14.1. The maximum Gasteiger partial charge on any atom is 0.254 e. The van der Waals surface area contributed by atoms with E-state index in [2.05, 4.69) is 10.5 Å². The molecule has 2 amide bonds. The van der Waals surface area contributed by atoms with Gasteiger partial charge in [0.15, 0.2) is 5.82 Å². The fraction of sp³-hybridized carbons (Fsp3) is 0.353. The van der Waals surface area contributed by atoms with Gasteiger partial charge in [-0.05, 0) is 25.1 Å². The Labute approximate surface area is 145 Å². The molecule has 3 N–H and O–H groups in total. The number of rotatable bonds is 4. The first-order valence-electron chi connectivity index (χ1n) is 8.11. The first-order chi connectivity index (χ1) is 12.0. The standard InChI is InChI=1S/C17H21N5O3/c1-12-9-15(20-25-12)19-16(23)11-21-5-7-22(8-6-21)17(24)13-3-2-4-14(18)10-13/h2-4,9-10H,5-8,11,18H2,1H3,(H,19,20,23). The van der Waals surface area contributed by atoms with Crippen LogP contribution >= 0.6 is 0 Å². The zero-order valence-electron chi connectivity index (χ0n) is 14.1. The lowest BCUT2D eigenvalue weighted by Crippen LogP contribution is -2.50. The molecule has 25 heavy (non-hydrogen) atoms. The minimum Gasteiger partial charge on any atom is -0.399 e. The van der Waals surface area contributed by atoms with E-state index < -0.39 is 0 Å². The molecule has 8 heteroatoms. The number of aromatic nitrogens is 1. The highest BCUT2D eigenvalue weighted by atomic mass is 16.5. The topological polar surface area (TPSA) is 105 Å². The van der Waals surface area contributed by atoms with Crippen molar-refractivity contribution in [3.8, 4) is 0 Å². The molecule has 1 aromatic carbocycles. The van der Waals surface area contributed by atoms with E-state index in [4.69, 9.17) is 10.3 Å². The first kappa shape index (κ1) is 17.0. The second-order valence-electron chi connectivity index (χ2n) is 6.06. The van der Waals surface area contributed by atoms with Crippen molar-refractivity contribution in [1.82, 2.24) is 15.0 Å². The van der Waals surface area contributed by atoms with Gasteiger partial charge in [0.25, 0.3) is 5.91 Å². The Hall–Kier alpha value is -2.87. The fourth-order valence-electron chi connectivity index (χ4n) is 2.77. The summed E-state index contributed by atoms with van der Waals surface area (Å²) in [6, 6.07) is 8.64. The lowest BCUT2D eigenvalue weighted by Gasteiger charge is -2.34. The lowest BCUT2D eigenvalue weighted by atomic mass is 10.1. The highest BCUT2D eigenvalue weighted by Gasteiger charge is 2.23. The molecule has 2 aromatic rings. The number of anilines is 2. The lowest BCUT2D eigenvalue weighted by molar-refractivity contribution is -0.117. The Balaban J connectivity index is 1.48. The largest absolute Gasteiger partial charge is 0.399 e. The summed E-state index contributed by atoms with van der Waals surface area (Å²) in [4.78, 5) is 28.3. The Morgan fingerprint density at radius 1 is 1.24 bits per heavy atom. The summed E-state index contributed by atoms with van der Waals surface area (Å²) in [5.74, 6) is 0.875. The van der Waals surface area contributed by atoms with E-state index >= 15 is 0 Å². The van der Waals surface area contributed by atoms with Crippen LogP contribution in [0, 0.1) is 6.92 Å². The summed E-state index contributed by atoms with van der Waals surface area (Å²) >= 11 is 0. The quantitative estimate of drug-likeness (QED) is 0.801. The zero-order chi connectivity index (χ0) is 17.8. The summed E-state index contributed by atoms with van der Waals surface area (Å²) in [5, 5.41) is 6.43. The molecular weight excluding hydrogens is 322 g/mol. The van der Waals surface area contributed by atoms with Crippen LogP contribution < -0.4 is 11.1 Å². The third-order valence-electron chi connectivity index (χ3n) is 4.06. The van der Waals surface area contributed by atoms with E-state index in [1.165, 1.54) is 0 Å². The van der Waals surface area contributed by atoms with Crippen molar-refractivity contribution in [2.24, 2.45) is 0 Å². The van der Waals surface area contributed by atoms with E-state index in [1.807, 2.05) is 4.90 Å². The average Bonchev–Trinajstić information content (AvgIpc) is 2.99. The Kier molecular flexibility index (Phi) is 4.99. The molecule has 0 atom stereocenters. The molecule has 0 saturated carbocycles. The molecule has 0 aliphatic carbocycles. The Morgan fingerprint density at radius 3 is 2.64 bits per heavy atom. The van der Waals surface area contributed by atoms with Gasteiger partial charge in [-0.15, -0.1) is 0 Å². The second kappa shape index (κ2) is 7.35. The number of aryl methyl sites for hydroxylation is 1. The summed E-state index contributed by atoms with van der Waals surface area (Å²) in [6.07, 6.45) is 0. The number of carbonyl (C=O) groups excluding carboxylic acids is 2. The van der Waals surface area contributed by atoms with Gasteiger partial charge in [-0.1, -0.05) is 11.2 Å². The monoisotopic (exact) mass is 343 g/mol. The number of nitrogens with two attached hydrogens (primary N) is 1. The molecule has 132 valence electrons. The predicted molar refractivity (Wildman–Crippen MR) is 93.1 cm³/mol. The Morgan fingerprint density at radius 2 is 2.00 bits per heavy atom. The molecule has 1 aromatic heterocycles. The molecule has 0 bridgehead atoms. The average molecular weight is 343 g/mol. The van der Waals surface area contributed by atoms with Crippen molar-refractivity contribution in [3.05, 3.63) is 41.7 Å². The van der Waals surface area contributed by atoms with Crippen molar-refractivity contribution in [3.63, 3.8) is 0 Å². The number of nitrogen functional groups attached to an aromatic ring is 1. The summed E-state index contributed by atoms with van der Waals surface area (Å²) in [6.45, 7) is 4.44. The molecule has 0 radical (unpaired) electrons. The number of piperazine rings is 1. The smallest absolute Gasteiger partial charge is 0.254 e. The van der Waals surface area contributed by atoms with Crippen LogP contribution in [0.5, 0.6) is 0 Å². The van der Waals surface area contributed by atoms with E-state index in [0.717, 1.165) is 0 Å². The molecule has 1 saturated heterocycles. The van der Waals surface area contributed by atoms with Gasteiger partial charge in [-0.2, -0.15) is 0 Å². The van der Waals surface area contributed by atoms with Crippen LogP contribution in [-0.4, -0.2) is 59.5 Å². The molecule has 8 nitrogen and oxygen atoms in total. The second-order valence-corrected chi connectivity index (χ2v) is 6.06. The third-order valence-corrected chi connectivity index (χ3v) is 4.06. The maximum absolute atomic E-state index is 12.5. The Bertz CT molecular complexity index is 765. The molecular formula is C17H21N5O3. The molecule has 1 fully saturated rings. The van der Waals surface area contributed by atoms with E-state index in [1.54, 1.807) is 42.2 Å². The number of amides is 2. The number of nitrogens with zero attached hydrogens (tertiary/aromatic N) is 3. The number of carbonyl (C=O) groups is 2. The molecule has 2 heterocycles. The highest BCUT2D eigenvalue weighted by Crippen LogP contribution is 2.12. The molecule has 1 aliphatic rings. The van der Waals surface area contributed by atoms with Crippen LogP contribution in [-0.2, 0) is 4.79 Å². The summed E-state index contributed by atoms with van der Waals surface area (Å²) in [7, 11) is 0. The van der Waals surface area contributed by atoms with Crippen molar-refractivity contribution >= 4 is 23.3 Å². The van der Waals surface area contributed by atoms with Crippen LogP contribution in [0.25, 0.3) is 0 Å². The maximum atomic E-state index is 12.5. The van der Waals surface area contributed by atoms with E-state index in [0.29, 0.717) is 49.0 Å². The normalized spacial score (nSPS) is 15.2. The van der Waals surface area contributed by atoms with Gasteiger partial charge < -0.3 is 20.5 Å². The SMILES string of the molecule is Cc1cc(NC(=O)CN2CCN(C(=O)c3cccc(N)c3)CC2)no1. The molecule has 0 unspecified atom stereocenters. The number of nitrogens with one attached hydrogen (secondary N) is 1. The molecule has 3 rings (SSSR count). The van der Waals surface area contributed by atoms with Crippen LogP contribution in [0.2, 0.25) is 0 Å². The van der Waals surface area contributed by atoms with Crippen molar-refractivity contribution < 1.29 is 14.1 Å². The van der Waals surface area contributed by atoms with Crippen LogP contribution in [0.1, 0.15) is 16.1 Å². The summed E-state index contributed by atoms with van der Waals surface area (Å²) < 4.78 is 4.91. The van der Waals surface area contributed by atoms with Crippen molar-refractivity contribution in [2.75, 3.05) is 43.8 Å².